The Morgan fingerprint density at radius 1 is 1.17 bits per heavy atom. The molecule has 0 saturated heterocycles. The molecule has 0 radical (unpaired) electrons. The van der Waals surface area contributed by atoms with Crippen LogP contribution in [0.2, 0.25) is 0 Å². The highest BCUT2D eigenvalue weighted by Crippen LogP contribution is 2.22. The SMILES string of the molecule is CC(=O)N[C@H](C(=O)Nc1ccc(C)c(S(=O)(=O)N(C)C)c1)C(C)C. The summed E-state index contributed by atoms with van der Waals surface area (Å²) in [6, 6.07) is 3.99. The first-order chi connectivity index (χ1) is 11.0. The van der Waals surface area contributed by atoms with E-state index in [1.165, 1.54) is 27.1 Å². The van der Waals surface area contributed by atoms with Crippen LogP contribution in [0, 0.1) is 12.8 Å². The van der Waals surface area contributed by atoms with Gasteiger partial charge in [-0.2, -0.15) is 0 Å². The van der Waals surface area contributed by atoms with Crippen LogP contribution in [0.5, 0.6) is 0 Å². The van der Waals surface area contributed by atoms with Crippen LogP contribution in [0.4, 0.5) is 5.69 Å². The second-order valence-corrected chi connectivity index (χ2v) is 8.30. The molecule has 0 aliphatic heterocycles. The summed E-state index contributed by atoms with van der Waals surface area (Å²) in [5.74, 6) is -0.801. The molecule has 2 N–H and O–H groups in total. The van der Waals surface area contributed by atoms with Gasteiger partial charge in [-0.3, -0.25) is 9.59 Å². The number of nitrogens with zero attached hydrogens (tertiary/aromatic N) is 1. The van der Waals surface area contributed by atoms with Crippen molar-refractivity contribution in [3.63, 3.8) is 0 Å². The lowest BCUT2D eigenvalue weighted by Gasteiger charge is -2.21. The van der Waals surface area contributed by atoms with E-state index in [0.29, 0.717) is 11.3 Å². The van der Waals surface area contributed by atoms with Crippen molar-refractivity contribution in [3.05, 3.63) is 23.8 Å². The van der Waals surface area contributed by atoms with Crippen molar-refractivity contribution in [2.24, 2.45) is 5.92 Å². The molecule has 1 rings (SSSR count). The lowest BCUT2D eigenvalue weighted by molar-refractivity contribution is -0.126. The van der Waals surface area contributed by atoms with Gasteiger partial charge >= 0.3 is 0 Å². The van der Waals surface area contributed by atoms with Crippen molar-refractivity contribution in [3.8, 4) is 0 Å². The number of sulfonamides is 1. The Morgan fingerprint density at radius 2 is 1.75 bits per heavy atom. The Labute approximate surface area is 143 Å². The topological polar surface area (TPSA) is 95.6 Å². The van der Waals surface area contributed by atoms with Gasteiger partial charge in [0.25, 0.3) is 0 Å². The van der Waals surface area contributed by atoms with Gasteiger partial charge in [0.15, 0.2) is 0 Å². The normalized spacial score (nSPS) is 13.0. The van der Waals surface area contributed by atoms with Crippen LogP contribution < -0.4 is 10.6 Å². The first-order valence-electron chi connectivity index (χ1n) is 7.58. The maximum absolute atomic E-state index is 12.4. The summed E-state index contributed by atoms with van der Waals surface area (Å²) in [5, 5.41) is 5.27. The van der Waals surface area contributed by atoms with Gasteiger partial charge in [-0.1, -0.05) is 19.9 Å². The molecule has 0 saturated carbocycles. The fraction of sp³-hybridized carbons (Fsp3) is 0.500. The molecule has 8 heteroatoms. The third kappa shape index (κ3) is 4.78. The van der Waals surface area contributed by atoms with E-state index in [2.05, 4.69) is 10.6 Å². The van der Waals surface area contributed by atoms with Gasteiger partial charge in [-0.05, 0) is 30.5 Å². The van der Waals surface area contributed by atoms with Crippen molar-refractivity contribution < 1.29 is 18.0 Å². The van der Waals surface area contributed by atoms with Crippen molar-refractivity contribution in [2.45, 2.75) is 38.6 Å². The average Bonchev–Trinajstić information content (AvgIpc) is 2.45. The van der Waals surface area contributed by atoms with Gasteiger partial charge in [-0.15, -0.1) is 0 Å². The molecule has 0 aromatic heterocycles. The summed E-state index contributed by atoms with van der Waals surface area (Å²) in [6.45, 7) is 6.67. The molecule has 0 bridgehead atoms. The fourth-order valence-electron chi connectivity index (χ4n) is 2.13. The molecule has 1 aromatic rings. The predicted octanol–water partition coefficient (Wildman–Crippen LogP) is 1.34. The molecule has 134 valence electrons. The van der Waals surface area contributed by atoms with E-state index in [4.69, 9.17) is 0 Å². The second kappa shape index (κ2) is 7.76. The van der Waals surface area contributed by atoms with E-state index < -0.39 is 22.0 Å². The van der Waals surface area contributed by atoms with Crippen molar-refractivity contribution >= 4 is 27.5 Å². The van der Waals surface area contributed by atoms with Gasteiger partial charge in [0.1, 0.15) is 6.04 Å². The number of rotatable bonds is 6. The molecule has 7 nitrogen and oxygen atoms in total. The Morgan fingerprint density at radius 3 is 2.21 bits per heavy atom. The molecule has 0 aliphatic carbocycles. The molecule has 2 amide bonds. The van der Waals surface area contributed by atoms with Crippen LogP contribution in [-0.2, 0) is 19.6 Å². The van der Waals surface area contributed by atoms with Crippen molar-refractivity contribution in [2.75, 3.05) is 19.4 Å². The summed E-state index contributed by atoms with van der Waals surface area (Å²) in [6.07, 6.45) is 0. The third-order valence-corrected chi connectivity index (χ3v) is 5.48. The van der Waals surface area contributed by atoms with E-state index in [9.17, 15) is 18.0 Å². The molecule has 0 fully saturated rings. The smallest absolute Gasteiger partial charge is 0.247 e. The Bertz CT molecular complexity index is 727. The predicted molar refractivity (Wildman–Crippen MR) is 93.1 cm³/mol. The molecular weight excluding hydrogens is 330 g/mol. The van der Waals surface area contributed by atoms with Crippen LogP contribution in [-0.4, -0.2) is 44.7 Å². The number of carbonyl (C=O) groups excluding carboxylic acids is 2. The van der Waals surface area contributed by atoms with Crippen molar-refractivity contribution in [1.82, 2.24) is 9.62 Å². The lowest BCUT2D eigenvalue weighted by Crippen LogP contribution is -2.46. The van der Waals surface area contributed by atoms with Crippen molar-refractivity contribution in [1.29, 1.82) is 0 Å². The van der Waals surface area contributed by atoms with Crippen LogP contribution in [0.25, 0.3) is 0 Å². The standard InChI is InChI=1S/C16H25N3O4S/c1-10(2)15(17-12(4)20)16(21)18-13-8-7-11(3)14(9-13)24(22,23)19(5)6/h7-10,15H,1-6H3,(H,17,20)(H,18,21)/t15-/m0/s1. The molecule has 0 unspecified atom stereocenters. The van der Waals surface area contributed by atoms with Gasteiger partial charge in [-0.25, -0.2) is 12.7 Å². The van der Waals surface area contributed by atoms with E-state index >= 15 is 0 Å². The van der Waals surface area contributed by atoms with Gasteiger partial charge < -0.3 is 10.6 Å². The quantitative estimate of drug-likeness (QED) is 0.805. The average molecular weight is 355 g/mol. The van der Waals surface area contributed by atoms with Crippen LogP contribution >= 0.6 is 0 Å². The highest BCUT2D eigenvalue weighted by molar-refractivity contribution is 7.89. The minimum Gasteiger partial charge on any atom is -0.344 e. The second-order valence-electron chi connectivity index (χ2n) is 6.18. The van der Waals surface area contributed by atoms with E-state index in [1.54, 1.807) is 19.1 Å². The number of anilines is 1. The first kappa shape index (κ1) is 20.1. The zero-order valence-electron chi connectivity index (χ0n) is 14.9. The zero-order chi connectivity index (χ0) is 18.7. The van der Waals surface area contributed by atoms with Gasteiger partial charge in [0, 0.05) is 26.7 Å². The minimum atomic E-state index is -3.61. The number of nitrogens with one attached hydrogen (secondary N) is 2. The number of hydrogen-bond acceptors (Lipinski definition) is 4. The molecular formula is C16H25N3O4S. The molecule has 24 heavy (non-hydrogen) atoms. The van der Waals surface area contributed by atoms with E-state index in [1.807, 2.05) is 13.8 Å². The number of aryl methyl sites for hydroxylation is 1. The van der Waals surface area contributed by atoms with E-state index in [0.717, 1.165) is 4.31 Å². The zero-order valence-corrected chi connectivity index (χ0v) is 15.7. The lowest BCUT2D eigenvalue weighted by atomic mass is 10.0. The van der Waals surface area contributed by atoms with Crippen LogP contribution in [0.3, 0.4) is 0 Å². The number of benzene rings is 1. The number of hydrogen-bond donors (Lipinski definition) is 2. The van der Waals surface area contributed by atoms with Gasteiger partial charge in [0.05, 0.1) is 4.90 Å². The molecule has 0 aliphatic rings. The summed E-state index contributed by atoms with van der Waals surface area (Å²) in [7, 11) is -0.709. The van der Waals surface area contributed by atoms with Crippen LogP contribution in [0.1, 0.15) is 26.3 Å². The summed E-state index contributed by atoms with van der Waals surface area (Å²) in [5.41, 5.74) is 0.950. The molecule has 0 spiro atoms. The van der Waals surface area contributed by atoms with E-state index in [-0.39, 0.29) is 16.7 Å². The van der Waals surface area contributed by atoms with Gasteiger partial charge in [0.2, 0.25) is 21.8 Å². The maximum atomic E-state index is 12.4. The highest BCUT2D eigenvalue weighted by Gasteiger charge is 2.24. The fourth-order valence-corrected chi connectivity index (χ4v) is 3.27. The Kier molecular flexibility index (Phi) is 6.50. The van der Waals surface area contributed by atoms with Crippen LogP contribution in [0.15, 0.2) is 23.1 Å². The Hall–Kier alpha value is -1.93. The largest absolute Gasteiger partial charge is 0.344 e. The first-order valence-corrected chi connectivity index (χ1v) is 9.02. The number of amides is 2. The molecule has 1 aromatic carbocycles. The molecule has 0 heterocycles. The number of carbonyl (C=O) groups is 2. The summed E-state index contributed by atoms with van der Waals surface area (Å²) >= 11 is 0. The Balaban J connectivity index is 3.12. The minimum absolute atomic E-state index is 0.107. The maximum Gasteiger partial charge on any atom is 0.247 e. The summed E-state index contributed by atoms with van der Waals surface area (Å²) in [4.78, 5) is 23.8. The monoisotopic (exact) mass is 355 g/mol. The molecule has 1 atom stereocenters. The highest BCUT2D eigenvalue weighted by atomic mass is 32.2. The third-order valence-electron chi connectivity index (χ3n) is 3.52. The summed E-state index contributed by atoms with van der Waals surface area (Å²) < 4.78 is 25.8.